The summed E-state index contributed by atoms with van der Waals surface area (Å²) >= 11 is 0. The highest BCUT2D eigenvalue weighted by Gasteiger charge is 2.20. The van der Waals surface area contributed by atoms with Crippen molar-refractivity contribution < 1.29 is 4.52 Å². The Kier molecular flexibility index (Phi) is 8.30. The van der Waals surface area contributed by atoms with Gasteiger partial charge >= 0.3 is 0 Å². The van der Waals surface area contributed by atoms with Gasteiger partial charge in [0.2, 0.25) is 0 Å². The average molecular weight is 470 g/mol. The minimum atomic E-state index is 0. The molecule has 0 amide bonds. The van der Waals surface area contributed by atoms with Crippen LogP contribution in [0, 0.1) is 6.92 Å². The number of rotatable bonds is 5. The van der Waals surface area contributed by atoms with Crippen LogP contribution in [0.4, 0.5) is 0 Å². The minimum Gasteiger partial charge on any atom is -0.364 e. The third-order valence-electron chi connectivity index (χ3n) is 4.38. The number of halogens is 1. The molecule has 0 atom stereocenters. The van der Waals surface area contributed by atoms with E-state index in [0.717, 1.165) is 56.6 Å². The number of hydrogen-bond acceptors (Lipinski definition) is 5. The highest BCUT2D eigenvalue weighted by atomic mass is 127. The Morgan fingerprint density at radius 2 is 2.08 bits per heavy atom. The van der Waals surface area contributed by atoms with Crippen molar-refractivity contribution in [3.63, 3.8) is 0 Å². The predicted octanol–water partition coefficient (Wildman–Crippen LogP) is 2.28. The molecule has 7 nitrogen and oxygen atoms in total. The van der Waals surface area contributed by atoms with Gasteiger partial charge in [-0.25, -0.2) is 4.99 Å². The molecule has 1 aliphatic heterocycles. The van der Waals surface area contributed by atoms with Gasteiger partial charge < -0.3 is 14.7 Å². The summed E-state index contributed by atoms with van der Waals surface area (Å²) in [5, 5.41) is 7.40. The van der Waals surface area contributed by atoms with Gasteiger partial charge in [0, 0.05) is 51.5 Å². The smallest absolute Gasteiger partial charge is 0.194 e. The molecule has 8 heteroatoms. The molecule has 0 unspecified atom stereocenters. The SMILES string of the molecule is CCNC(=NCc1ncccc1C)N1CCN(Cc2ccon2)CC1.I. The molecule has 0 bridgehead atoms. The van der Waals surface area contributed by atoms with Gasteiger partial charge in [0.1, 0.15) is 6.26 Å². The third kappa shape index (κ3) is 5.66. The number of hydrogen-bond donors (Lipinski definition) is 1. The Balaban J connectivity index is 0.00000243. The van der Waals surface area contributed by atoms with Gasteiger partial charge in [-0.05, 0) is 25.5 Å². The fraction of sp³-hybridized carbons (Fsp3) is 0.500. The lowest BCUT2D eigenvalue weighted by Crippen LogP contribution is -2.52. The van der Waals surface area contributed by atoms with Gasteiger partial charge in [0.15, 0.2) is 5.96 Å². The number of aromatic nitrogens is 2. The molecule has 3 rings (SSSR count). The van der Waals surface area contributed by atoms with E-state index >= 15 is 0 Å². The zero-order chi connectivity index (χ0) is 17.5. The molecule has 1 N–H and O–H groups in total. The first-order chi connectivity index (χ1) is 12.3. The summed E-state index contributed by atoms with van der Waals surface area (Å²) in [5.41, 5.74) is 3.20. The van der Waals surface area contributed by atoms with Crippen molar-refractivity contribution in [2.45, 2.75) is 26.9 Å². The van der Waals surface area contributed by atoms with Crippen LogP contribution in [0.2, 0.25) is 0 Å². The molecule has 2 aromatic heterocycles. The number of aryl methyl sites for hydroxylation is 1. The van der Waals surface area contributed by atoms with E-state index in [1.807, 2.05) is 18.3 Å². The van der Waals surface area contributed by atoms with Gasteiger partial charge in [-0.2, -0.15) is 0 Å². The molecule has 1 aliphatic rings. The lowest BCUT2D eigenvalue weighted by molar-refractivity contribution is 0.169. The summed E-state index contributed by atoms with van der Waals surface area (Å²) in [6.45, 7) is 10.4. The van der Waals surface area contributed by atoms with E-state index in [9.17, 15) is 0 Å². The van der Waals surface area contributed by atoms with E-state index in [1.54, 1.807) is 6.26 Å². The highest BCUT2D eigenvalue weighted by Crippen LogP contribution is 2.09. The van der Waals surface area contributed by atoms with Crippen molar-refractivity contribution in [1.82, 2.24) is 25.3 Å². The average Bonchev–Trinajstić information content (AvgIpc) is 3.14. The third-order valence-corrected chi connectivity index (χ3v) is 4.38. The van der Waals surface area contributed by atoms with Crippen LogP contribution in [0.5, 0.6) is 0 Å². The van der Waals surface area contributed by atoms with Crippen LogP contribution >= 0.6 is 24.0 Å². The van der Waals surface area contributed by atoms with Crippen molar-refractivity contribution in [2.24, 2.45) is 4.99 Å². The van der Waals surface area contributed by atoms with Crippen molar-refractivity contribution in [3.8, 4) is 0 Å². The Hall–Kier alpha value is -1.68. The second-order valence-corrected chi connectivity index (χ2v) is 6.19. The van der Waals surface area contributed by atoms with E-state index in [-0.39, 0.29) is 24.0 Å². The first kappa shape index (κ1) is 20.6. The minimum absolute atomic E-state index is 0. The summed E-state index contributed by atoms with van der Waals surface area (Å²) in [6.07, 6.45) is 3.45. The molecule has 0 saturated carbocycles. The number of nitrogens with zero attached hydrogens (tertiary/aromatic N) is 5. The normalized spacial score (nSPS) is 15.6. The Morgan fingerprint density at radius 1 is 1.27 bits per heavy atom. The highest BCUT2D eigenvalue weighted by molar-refractivity contribution is 14.0. The van der Waals surface area contributed by atoms with Crippen LogP contribution < -0.4 is 5.32 Å². The second kappa shape index (κ2) is 10.5. The van der Waals surface area contributed by atoms with Gasteiger partial charge in [-0.1, -0.05) is 11.2 Å². The fourth-order valence-electron chi connectivity index (χ4n) is 2.93. The van der Waals surface area contributed by atoms with Crippen LogP contribution in [-0.2, 0) is 13.1 Å². The van der Waals surface area contributed by atoms with E-state index in [2.05, 4.69) is 45.2 Å². The van der Waals surface area contributed by atoms with Crippen molar-refractivity contribution in [1.29, 1.82) is 0 Å². The maximum absolute atomic E-state index is 4.91. The Bertz CT molecular complexity index is 683. The molecule has 142 valence electrons. The topological polar surface area (TPSA) is 69.8 Å². The van der Waals surface area contributed by atoms with E-state index in [1.165, 1.54) is 5.56 Å². The van der Waals surface area contributed by atoms with E-state index in [4.69, 9.17) is 9.52 Å². The zero-order valence-electron chi connectivity index (χ0n) is 15.4. The molecular weight excluding hydrogens is 443 g/mol. The predicted molar refractivity (Wildman–Crippen MR) is 113 cm³/mol. The molecule has 3 heterocycles. The number of guanidine groups is 1. The summed E-state index contributed by atoms with van der Waals surface area (Å²) in [6, 6.07) is 5.96. The van der Waals surface area contributed by atoms with Crippen LogP contribution in [0.3, 0.4) is 0 Å². The summed E-state index contributed by atoms with van der Waals surface area (Å²) < 4.78 is 4.91. The summed E-state index contributed by atoms with van der Waals surface area (Å²) in [7, 11) is 0. The van der Waals surface area contributed by atoms with Crippen LogP contribution in [-0.4, -0.2) is 58.6 Å². The maximum Gasteiger partial charge on any atom is 0.194 e. The zero-order valence-corrected chi connectivity index (χ0v) is 17.7. The molecule has 1 fully saturated rings. The van der Waals surface area contributed by atoms with Crippen LogP contribution in [0.1, 0.15) is 23.9 Å². The monoisotopic (exact) mass is 470 g/mol. The molecule has 0 radical (unpaired) electrons. The molecule has 0 aromatic carbocycles. The fourth-order valence-corrected chi connectivity index (χ4v) is 2.93. The van der Waals surface area contributed by atoms with Crippen molar-refractivity contribution in [3.05, 3.63) is 47.6 Å². The first-order valence-corrected chi connectivity index (χ1v) is 8.81. The van der Waals surface area contributed by atoms with Crippen molar-refractivity contribution in [2.75, 3.05) is 32.7 Å². The molecule has 0 aliphatic carbocycles. The maximum atomic E-state index is 4.91. The number of aliphatic imine (C=N–C) groups is 1. The first-order valence-electron chi connectivity index (χ1n) is 8.81. The molecule has 2 aromatic rings. The lowest BCUT2D eigenvalue weighted by Gasteiger charge is -2.36. The number of nitrogens with one attached hydrogen (secondary N) is 1. The lowest BCUT2D eigenvalue weighted by atomic mass is 10.2. The number of piperazine rings is 1. The molecule has 1 saturated heterocycles. The van der Waals surface area contributed by atoms with Crippen molar-refractivity contribution >= 4 is 29.9 Å². The molecular formula is C18H27IN6O. The Labute approximate surface area is 171 Å². The Morgan fingerprint density at radius 3 is 2.73 bits per heavy atom. The largest absolute Gasteiger partial charge is 0.364 e. The van der Waals surface area contributed by atoms with Crippen LogP contribution in [0.15, 0.2) is 40.2 Å². The second-order valence-electron chi connectivity index (χ2n) is 6.19. The number of pyridine rings is 1. The summed E-state index contributed by atoms with van der Waals surface area (Å²) in [5.74, 6) is 0.966. The van der Waals surface area contributed by atoms with Gasteiger partial charge in [-0.15, -0.1) is 24.0 Å². The van der Waals surface area contributed by atoms with Gasteiger partial charge in [0.05, 0.1) is 17.9 Å². The molecule has 0 spiro atoms. The van der Waals surface area contributed by atoms with E-state index in [0.29, 0.717) is 6.54 Å². The quantitative estimate of drug-likeness (QED) is 0.411. The van der Waals surface area contributed by atoms with Gasteiger partial charge in [0.25, 0.3) is 0 Å². The van der Waals surface area contributed by atoms with Crippen LogP contribution in [0.25, 0.3) is 0 Å². The van der Waals surface area contributed by atoms with E-state index < -0.39 is 0 Å². The summed E-state index contributed by atoms with van der Waals surface area (Å²) in [4.78, 5) is 13.9. The standard InChI is InChI=1S/C18H26N6O.HI/c1-3-19-18(21-13-17-15(2)5-4-7-20-17)24-10-8-23(9-11-24)14-16-6-12-25-22-16;/h4-7,12H,3,8-11,13-14H2,1-2H3,(H,19,21);1H. The van der Waals surface area contributed by atoms with Gasteiger partial charge in [-0.3, -0.25) is 9.88 Å². The molecule has 26 heavy (non-hydrogen) atoms.